The van der Waals surface area contributed by atoms with E-state index in [0.29, 0.717) is 0 Å². The van der Waals surface area contributed by atoms with Crippen molar-refractivity contribution in [3.63, 3.8) is 0 Å². The van der Waals surface area contributed by atoms with Gasteiger partial charge in [-0.3, -0.25) is 18.2 Å². The van der Waals surface area contributed by atoms with Crippen LogP contribution in [0, 0.1) is 0 Å². The summed E-state index contributed by atoms with van der Waals surface area (Å²) in [5.74, 6) is -2.15. The Morgan fingerprint density at radius 3 is 1.21 bits per heavy atom. The summed E-state index contributed by atoms with van der Waals surface area (Å²) >= 11 is 0. The van der Waals surface area contributed by atoms with Crippen LogP contribution in [0.5, 0.6) is 0 Å². The molecule has 0 amide bonds. The van der Waals surface area contributed by atoms with E-state index in [2.05, 4.69) is 9.47 Å². The Morgan fingerprint density at radius 2 is 1.04 bits per heavy atom. The van der Waals surface area contributed by atoms with Crippen LogP contribution in [0.15, 0.2) is 0 Å². The summed E-state index contributed by atoms with van der Waals surface area (Å²) in [6.07, 6.45) is -3.80. The Balaban J connectivity index is 5.84. The van der Waals surface area contributed by atoms with Crippen molar-refractivity contribution in [2.75, 3.05) is 40.8 Å². The molecule has 0 heterocycles. The van der Waals surface area contributed by atoms with Gasteiger partial charge in [0.1, 0.15) is 0 Å². The van der Waals surface area contributed by atoms with Crippen LogP contribution in [-0.4, -0.2) is 64.9 Å². The van der Waals surface area contributed by atoms with Crippen molar-refractivity contribution >= 4 is 27.1 Å². The Kier molecular flexibility index (Phi) is 9.96. The molecule has 0 radical (unpaired) electrons. The first kappa shape index (κ1) is 23.2. The summed E-state index contributed by atoms with van der Waals surface area (Å²) < 4.78 is 53.7. The molecular weight excluding hydrogens is 366 g/mol. The Hall–Kier alpha value is -0.760. The number of carbonyl (C=O) groups is 2. The van der Waals surface area contributed by atoms with E-state index in [1.54, 1.807) is 0 Å². The van der Waals surface area contributed by atoms with Gasteiger partial charge in [0.25, 0.3) is 0 Å². The molecule has 0 saturated carbocycles. The highest BCUT2D eigenvalue weighted by molar-refractivity contribution is 7.54. The average Bonchev–Trinajstić information content (AvgIpc) is 2.62. The van der Waals surface area contributed by atoms with Crippen molar-refractivity contribution in [1.82, 2.24) is 0 Å². The molecule has 0 N–H and O–H groups in total. The quantitative estimate of drug-likeness (QED) is 0.381. The smallest absolute Gasteiger partial charge is 0.338 e. The van der Waals surface area contributed by atoms with Crippen molar-refractivity contribution in [1.29, 1.82) is 0 Å². The second kappa shape index (κ2) is 10.3. The SMILES string of the molecule is CCP(=O)(OC)OC(C(=O)OC)C(OP(=O)(CC)OC)C(=O)OC. The van der Waals surface area contributed by atoms with Gasteiger partial charge in [-0.1, -0.05) is 13.8 Å². The number of carbonyl (C=O) groups excluding carboxylic acids is 2. The predicted octanol–water partition coefficient (Wildman–Crippen LogP) is 1.82. The van der Waals surface area contributed by atoms with Gasteiger partial charge in [-0.15, -0.1) is 0 Å². The lowest BCUT2D eigenvalue weighted by Gasteiger charge is -2.28. The van der Waals surface area contributed by atoms with Crippen LogP contribution in [0.25, 0.3) is 0 Å². The fourth-order valence-electron chi connectivity index (χ4n) is 1.52. The minimum Gasteiger partial charge on any atom is -0.467 e. The van der Waals surface area contributed by atoms with Gasteiger partial charge in [-0.05, 0) is 0 Å². The topological polar surface area (TPSA) is 124 Å². The van der Waals surface area contributed by atoms with Gasteiger partial charge in [-0.25, -0.2) is 9.59 Å². The fraction of sp³-hybridized carbons (Fsp3) is 0.833. The summed E-state index contributed by atoms with van der Waals surface area (Å²) in [6.45, 7) is 3.00. The minimum atomic E-state index is -3.71. The van der Waals surface area contributed by atoms with E-state index in [1.165, 1.54) is 13.8 Å². The van der Waals surface area contributed by atoms with E-state index >= 15 is 0 Å². The van der Waals surface area contributed by atoms with Crippen LogP contribution < -0.4 is 0 Å². The summed E-state index contributed by atoms with van der Waals surface area (Å²) in [6, 6.07) is 0. The molecule has 12 heteroatoms. The second-order valence-corrected chi connectivity index (χ2v) is 9.18. The van der Waals surface area contributed by atoms with Crippen molar-refractivity contribution in [3.05, 3.63) is 0 Å². The first-order valence-electron chi connectivity index (χ1n) is 6.97. The Morgan fingerprint density at radius 1 is 0.750 bits per heavy atom. The molecule has 0 rings (SSSR count). The van der Waals surface area contributed by atoms with Crippen molar-refractivity contribution in [2.45, 2.75) is 26.1 Å². The van der Waals surface area contributed by atoms with Crippen LogP contribution in [0.4, 0.5) is 0 Å². The third kappa shape index (κ3) is 6.27. The van der Waals surface area contributed by atoms with Crippen molar-refractivity contribution in [3.8, 4) is 0 Å². The third-order valence-corrected chi connectivity index (χ3v) is 6.78. The molecule has 10 nitrogen and oxygen atoms in total. The normalized spacial score (nSPS) is 18.8. The molecule has 0 aliphatic carbocycles. The highest BCUT2D eigenvalue weighted by Crippen LogP contribution is 2.52. The summed E-state index contributed by atoms with van der Waals surface area (Å²) in [5.41, 5.74) is 0. The number of hydrogen-bond donors (Lipinski definition) is 0. The maximum absolute atomic E-state index is 12.3. The molecule has 0 spiro atoms. The van der Waals surface area contributed by atoms with E-state index in [9.17, 15) is 18.7 Å². The molecule has 24 heavy (non-hydrogen) atoms. The van der Waals surface area contributed by atoms with Crippen LogP contribution >= 0.6 is 15.2 Å². The van der Waals surface area contributed by atoms with E-state index in [1.807, 2.05) is 0 Å². The zero-order chi connectivity index (χ0) is 19.0. The van der Waals surface area contributed by atoms with Gasteiger partial charge in [-0.2, -0.15) is 0 Å². The highest BCUT2D eigenvalue weighted by atomic mass is 31.2. The maximum atomic E-state index is 12.3. The van der Waals surface area contributed by atoms with Crippen molar-refractivity contribution < 1.29 is 46.3 Å². The van der Waals surface area contributed by atoms with Gasteiger partial charge in [0.15, 0.2) is 0 Å². The lowest BCUT2D eigenvalue weighted by Crippen LogP contribution is -2.44. The molecule has 0 saturated heterocycles. The van der Waals surface area contributed by atoms with Crippen molar-refractivity contribution in [2.24, 2.45) is 0 Å². The molecule has 0 fully saturated rings. The largest absolute Gasteiger partial charge is 0.467 e. The maximum Gasteiger partial charge on any atom is 0.338 e. The molecule has 0 aliphatic heterocycles. The molecule has 0 bridgehead atoms. The van der Waals surface area contributed by atoms with Gasteiger partial charge >= 0.3 is 27.1 Å². The molecule has 0 aromatic carbocycles. The van der Waals surface area contributed by atoms with E-state index in [0.717, 1.165) is 28.4 Å². The zero-order valence-corrected chi connectivity index (χ0v) is 16.3. The zero-order valence-electron chi connectivity index (χ0n) is 14.5. The Labute approximate surface area is 141 Å². The lowest BCUT2D eigenvalue weighted by atomic mass is 10.2. The molecule has 0 aliphatic rings. The summed E-state index contributed by atoms with van der Waals surface area (Å²) in [5, 5.41) is 0. The van der Waals surface area contributed by atoms with Crippen LogP contribution in [0.3, 0.4) is 0 Å². The fourth-order valence-corrected chi connectivity index (χ4v) is 3.59. The lowest BCUT2D eigenvalue weighted by molar-refractivity contribution is -0.166. The van der Waals surface area contributed by atoms with E-state index in [4.69, 9.17) is 18.1 Å². The number of esters is 2. The second-order valence-electron chi connectivity index (χ2n) is 4.32. The first-order valence-corrected chi connectivity index (χ1v) is 10.4. The predicted molar refractivity (Wildman–Crippen MR) is 84.1 cm³/mol. The average molecular weight is 390 g/mol. The van der Waals surface area contributed by atoms with Gasteiger partial charge in [0.2, 0.25) is 12.2 Å². The molecule has 0 aromatic rings. The number of methoxy groups -OCH3 is 2. The van der Waals surface area contributed by atoms with Crippen LogP contribution in [0.2, 0.25) is 0 Å². The third-order valence-electron chi connectivity index (χ3n) is 3.02. The molecule has 142 valence electrons. The molecule has 4 atom stereocenters. The standard InChI is InChI=1S/C12H24O10P2/c1-7-23(15,19-5)21-9(11(13)17-3)10(12(14)18-4)22-24(16,8-2)20-6/h9-10H,7-8H2,1-6H3. The number of rotatable bonds is 11. The number of ether oxygens (including phenoxy) is 2. The van der Waals surface area contributed by atoms with Gasteiger partial charge in [0, 0.05) is 26.5 Å². The molecule has 4 unspecified atom stereocenters. The van der Waals surface area contributed by atoms with Gasteiger partial charge in [0.05, 0.1) is 14.2 Å². The van der Waals surface area contributed by atoms with Crippen LogP contribution in [0.1, 0.15) is 13.8 Å². The molecule has 0 aromatic heterocycles. The minimum absolute atomic E-state index is 0.0827. The van der Waals surface area contributed by atoms with Gasteiger partial charge < -0.3 is 18.5 Å². The number of hydrogen-bond acceptors (Lipinski definition) is 10. The van der Waals surface area contributed by atoms with E-state index in [-0.39, 0.29) is 12.3 Å². The Bertz CT molecular complexity index is 458. The summed E-state index contributed by atoms with van der Waals surface area (Å²) in [7, 11) is -3.10. The summed E-state index contributed by atoms with van der Waals surface area (Å²) in [4.78, 5) is 24.0. The highest BCUT2D eigenvalue weighted by Gasteiger charge is 2.45. The monoisotopic (exact) mass is 390 g/mol. The van der Waals surface area contributed by atoms with E-state index < -0.39 is 39.3 Å². The molecular formula is C12H24O10P2. The van der Waals surface area contributed by atoms with Crippen LogP contribution in [-0.2, 0) is 46.3 Å². The first-order chi connectivity index (χ1) is 11.2.